The lowest BCUT2D eigenvalue weighted by atomic mass is 9.57. The van der Waals surface area contributed by atoms with Crippen LogP contribution in [0.2, 0.25) is 0 Å². The standard InChI is InChI=1S/C14H20F6.C10H21F.C10H18.C10H22.C9H20.2C7H15F.2C7H16.C6H13F.C6H14.C5H12/c1-10-2-4-11(5-3-10)6-8-12(9-7-11,13(15,16)17)14(18,19)20;1-7(2)9(8(3)4)10(5,6)11;1-8-7-9-3-5-10(8,2)6-4-9;1-7-10(6,8-2)9(3,4)5;1-6-8(7-2)9(3,4)5;1-5-7(4,8)6(2)3;1-4-6-7(3,8)5-2;1-6(2)7(3,4)5;1-5-6-7(2,3)4;1-4-6(3,7)5-2;1-5-6(2,3)4;1-5(2,3)4/h10H,2-9H2,1H3;7-9H,1-6H3;8-9H,3-7H2,1-2H3;7-8H2,1-6H3;8H,6-7H2,1-5H3;6H,5H2,1-4H3;4-6H2,1-3H3;6H,1-5H3;5-6H2,1-4H3;4-5H2,1-3H3;5H2,1-4H3;1-4H3/t;;8-,9?,10?;;;2*7-;;;;;/m..0..00...../s1. The summed E-state index contributed by atoms with van der Waals surface area (Å²) in [6.07, 6.45) is 12.4. The molecule has 5 aliphatic carbocycles. The van der Waals surface area contributed by atoms with E-state index in [2.05, 4.69) is 242 Å². The summed E-state index contributed by atoms with van der Waals surface area (Å²) in [5.74, 6) is 5.53. The summed E-state index contributed by atoms with van der Waals surface area (Å²) in [7, 11) is 0. The van der Waals surface area contributed by atoms with Gasteiger partial charge < -0.3 is 0 Å². The summed E-state index contributed by atoms with van der Waals surface area (Å²) in [4.78, 5) is 0. The Morgan fingerprint density at radius 2 is 0.694 bits per heavy atom. The fraction of sp³-hybridized carbons (Fsp3) is 1.00. The van der Waals surface area contributed by atoms with E-state index in [0.717, 1.165) is 61.2 Å². The van der Waals surface area contributed by atoms with Gasteiger partial charge >= 0.3 is 12.4 Å². The number of fused-ring (bicyclic) bond motifs is 3. The lowest BCUT2D eigenvalue weighted by Crippen LogP contribution is -2.53. The van der Waals surface area contributed by atoms with Crippen molar-refractivity contribution < 1.29 is 43.9 Å². The minimum Gasteiger partial charge on any atom is -0.244 e. The van der Waals surface area contributed by atoms with Crippen LogP contribution in [-0.2, 0) is 0 Å². The van der Waals surface area contributed by atoms with Crippen molar-refractivity contribution in [2.75, 3.05) is 0 Å². The Morgan fingerprint density at radius 1 is 0.370 bits per heavy atom. The molecule has 5 rings (SSSR count). The highest BCUT2D eigenvalue weighted by Crippen LogP contribution is 2.63. The molecule has 0 N–H and O–H groups in total. The molecule has 5 saturated carbocycles. The van der Waals surface area contributed by atoms with Crippen LogP contribution in [0, 0.1) is 107 Å². The molecule has 0 heterocycles. The predicted octanol–water partition coefficient (Wildman–Crippen LogP) is 38.3. The second-order valence-electron chi connectivity index (χ2n) is 44.6. The Kier molecular flexibility index (Phi) is 61.0. The fourth-order valence-corrected chi connectivity index (χ4v) is 13.9. The van der Waals surface area contributed by atoms with E-state index in [4.69, 9.17) is 0 Å². The Labute approximate surface area is 675 Å². The van der Waals surface area contributed by atoms with E-state index >= 15 is 0 Å². The monoisotopic (exact) mass is 1570 g/mol. The molecule has 0 aromatic rings. The third-order valence-corrected chi connectivity index (χ3v) is 26.2. The van der Waals surface area contributed by atoms with E-state index in [1.54, 1.807) is 34.6 Å². The first kappa shape index (κ1) is 123. The van der Waals surface area contributed by atoms with Crippen LogP contribution < -0.4 is 0 Å². The second kappa shape index (κ2) is 53.6. The van der Waals surface area contributed by atoms with Crippen molar-refractivity contribution in [3.05, 3.63) is 0 Å². The summed E-state index contributed by atoms with van der Waals surface area (Å²) in [6.45, 7) is 101. The molecule has 2 bridgehead atoms. The molecule has 3 atom stereocenters. The van der Waals surface area contributed by atoms with Gasteiger partial charge in [0.1, 0.15) is 22.7 Å². The SMILES string of the molecule is CC(C)(C)C.CC(C)C(C(C)C)C(C)(C)F.CC(C)C(C)(C)C.CC1CCC2(CC1)CCC(C(F)(F)F)(C(F)(F)F)CC2.CCC(C)(C)C.CCC(C)(CC)C(C)(C)C.CCC(C)(F)CC.CCC(CC)C(C)(C)C.CCCC(C)(C)C.CCC[C@@](C)(F)CC.CC[C@](C)(F)C(C)C.C[C@H]1CC2CCC1(C)CC2. The molecule has 0 amide bonds. The molecule has 0 aliphatic heterocycles. The van der Waals surface area contributed by atoms with Crippen molar-refractivity contribution in [3.8, 4) is 0 Å². The van der Waals surface area contributed by atoms with Crippen molar-refractivity contribution in [3.63, 3.8) is 0 Å². The smallest absolute Gasteiger partial charge is 0.244 e. The maximum atomic E-state index is 13.6. The summed E-state index contributed by atoms with van der Waals surface area (Å²) in [5.41, 5.74) is -3.24. The predicted molar refractivity (Wildman–Crippen MR) is 470 cm³/mol. The maximum absolute atomic E-state index is 13.6. The summed E-state index contributed by atoms with van der Waals surface area (Å²) in [5, 5.41) is 0. The molecule has 0 aromatic heterocycles. The van der Waals surface area contributed by atoms with Crippen LogP contribution in [0.15, 0.2) is 0 Å². The fourth-order valence-electron chi connectivity index (χ4n) is 13.9. The molecule has 0 radical (unpaired) electrons. The van der Waals surface area contributed by atoms with E-state index in [-0.39, 0.29) is 30.1 Å². The van der Waals surface area contributed by atoms with Gasteiger partial charge in [-0.1, -0.05) is 349 Å². The van der Waals surface area contributed by atoms with Gasteiger partial charge in [0.05, 0.1) is 0 Å². The summed E-state index contributed by atoms with van der Waals surface area (Å²) < 4.78 is 130. The maximum Gasteiger partial charge on any atom is 0.403 e. The minimum absolute atomic E-state index is 0.0543. The van der Waals surface area contributed by atoms with Gasteiger partial charge in [0, 0.05) is 0 Å². The molecular formula is C98H202F10. The Morgan fingerprint density at radius 3 is 0.796 bits per heavy atom. The molecule has 0 saturated heterocycles. The first-order valence-electron chi connectivity index (χ1n) is 44.6. The molecule has 0 aromatic carbocycles. The highest BCUT2D eigenvalue weighted by Gasteiger charge is 2.71. The molecule has 0 unspecified atom stereocenters. The normalized spacial score (nSPS) is 20.1. The van der Waals surface area contributed by atoms with Gasteiger partial charge in [-0.3, -0.25) is 0 Å². The Bertz CT molecular complexity index is 2010. The number of halogens is 10. The summed E-state index contributed by atoms with van der Waals surface area (Å²) >= 11 is 0. The van der Waals surface area contributed by atoms with Crippen molar-refractivity contribution in [2.24, 2.45) is 107 Å². The zero-order valence-electron chi connectivity index (χ0n) is 82.4. The quantitative estimate of drug-likeness (QED) is 0.143. The van der Waals surface area contributed by atoms with Crippen molar-refractivity contribution in [1.29, 1.82) is 0 Å². The summed E-state index contributed by atoms with van der Waals surface area (Å²) in [6, 6.07) is 0. The number of alkyl halides is 10. The number of rotatable bonds is 15. The lowest BCUT2D eigenvalue weighted by molar-refractivity contribution is -0.354. The van der Waals surface area contributed by atoms with Crippen molar-refractivity contribution in [1.82, 2.24) is 0 Å². The van der Waals surface area contributed by atoms with Gasteiger partial charge in [0.2, 0.25) is 0 Å². The zero-order chi connectivity index (χ0) is 88.6. The third kappa shape index (κ3) is 59.0. The van der Waals surface area contributed by atoms with E-state index in [0.29, 0.717) is 87.8 Å². The van der Waals surface area contributed by atoms with Gasteiger partial charge in [0.15, 0.2) is 5.41 Å². The Balaban J connectivity index is -0.000000172. The van der Waals surface area contributed by atoms with Gasteiger partial charge in [-0.2, -0.15) is 26.3 Å². The van der Waals surface area contributed by atoms with Crippen LogP contribution in [0.1, 0.15) is 492 Å². The Hall–Kier alpha value is -0.700. The first-order chi connectivity index (χ1) is 47.7. The average Bonchev–Trinajstić information content (AvgIpc) is 0.737. The van der Waals surface area contributed by atoms with Crippen LogP contribution in [-0.4, -0.2) is 35.0 Å². The van der Waals surface area contributed by atoms with Gasteiger partial charge in [0.25, 0.3) is 0 Å². The third-order valence-electron chi connectivity index (χ3n) is 26.2. The van der Waals surface area contributed by atoms with Crippen molar-refractivity contribution in [2.45, 2.75) is 527 Å². The van der Waals surface area contributed by atoms with Crippen LogP contribution in [0.5, 0.6) is 0 Å². The molecule has 0 nitrogen and oxygen atoms in total. The number of hydrogen-bond acceptors (Lipinski definition) is 0. The highest BCUT2D eigenvalue weighted by atomic mass is 19.4. The van der Waals surface area contributed by atoms with Crippen LogP contribution in [0.4, 0.5) is 43.9 Å². The molecule has 1 spiro atoms. The molecule has 10 heteroatoms. The molecule has 664 valence electrons. The molecular weight excluding hydrogens is 1370 g/mol. The zero-order valence-corrected chi connectivity index (χ0v) is 82.4. The van der Waals surface area contributed by atoms with E-state index in [1.807, 2.05) is 48.5 Å². The van der Waals surface area contributed by atoms with Gasteiger partial charge in [-0.25, -0.2) is 17.6 Å². The van der Waals surface area contributed by atoms with E-state index in [1.165, 1.54) is 77.0 Å². The topological polar surface area (TPSA) is 0 Å². The van der Waals surface area contributed by atoms with E-state index in [9.17, 15) is 43.9 Å². The van der Waals surface area contributed by atoms with Crippen LogP contribution in [0.3, 0.4) is 0 Å². The molecule has 5 aliphatic rings. The van der Waals surface area contributed by atoms with Crippen LogP contribution in [0.25, 0.3) is 0 Å². The first-order valence-corrected chi connectivity index (χ1v) is 44.6. The van der Waals surface area contributed by atoms with Gasteiger partial charge in [-0.15, -0.1) is 0 Å². The lowest BCUT2D eigenvalue weighted by Gasteiger charge is -2.49. The average molecular weight is 1570 g/mol. The van der Waals surface area contributed by atoms with Crippen molar-refractivity contribution >= 4 is 0 Å². The molecule has 108 heavy (non-hydrogen) atoms. The van der Waals surface area contributed by atoms with Gasteiger partial charge in [-0.05, 0) is 246 Å². The van der Waals surface area contributed by atoms with Crippen LogP contribution >= 0.6 is 0 Å². The second-order valence-corrected chi connectivity index (χ2v) is 44.6. The highest BCUT2D eigenvalue weighted by molar-refractivity contribution is 5.02. The number of hydrogen-bond donors (Lipinski definition) is 0. The molecule has 5 fully saturated rings. The minimum atomic E-state index is -5.20. The van der Waals surface area contributed by atoms with E-state index < -0.39 is 53.3 Å². The largest absolute Gasteiger partial charge is 0.403 e.